The van der Waals surface area contributed by atoms with Crippen LogP contribution in [0, 0.1) is 18.3 Å². The Hall–Kier alpha value is -2.61. The van der Waals surface area contributed by atoms with Gasteiger partial charge in [-0.2, -0.15) is 10.4 Å². The molecule has 0 aromatic carbocycles. The Morgan fingerprint density at radius 3 is 2.66 bits per heavy atom. The minimum absolute atomic E-state index is 0.204. The zero-order valence-corrected chi connectivity index (χ0v) is 18.0. The summed E-state index contributed by atoms with van der Waals surface area (Å²) in [4.78, 5) is 12.9. The van der Waals surface area contributed by atoms with E-state index in [1.54, 1.807) is 35.9 Å². The summed E-state index contributed by atoms with van der Waals surface area (Å²) in [5.74, 6) is 1.08. The fourth-order valence-corrected chi connectivity index (χ4v) is 4.73. The molecule has 0 spiro atoms. The summed E-state index contributed by atoms with van der Waals surface area (Å²) in [7, 11) is 3.55. The Balaban J connectivity index is 2.06. The molecule has 29 heavy (non-hydrogen) atoms. The first-order chi connectivity index (χ1) is 14.0. The Labute approximate surface area is 177 Å². The zero-order valence-electron chi connectivity index (χ0n) is 16.4. The number of hydrogen-bond acceptors (Lipinski definition) is 9. The number of aryl methyl sites for hydroxylation is 2. The second-order valence-electron chi connectivity index (χ2n) is 6.14. The van der Waals surface area contributed by atoms with Gasteiger partial charge in [0.2, 0.25) is 5.95 Å². The SMILES string of the molecule is COCCSCSc1nc(-c2cnc(N)nc2)cc(-c2cn(C)nc2C)c1C#N. The number of nitrogen functional groups attached to an aromatic ring is 1. The van der Waals surface area contributed by atoms with Crippen LogP contribution < -0.4 is 5.73 Å². The molecule has 0 atom stereocenters. The standard InChI is InChI=1S/C19H21N7OS2/c1-12-16(10-26(2)25-12)14-6-17(13-8-22-19(21)23-9-13)24-18(15(14)7-20)29-11-28-5-4-27-3/h6,8-10H,4-5,11H2,1-3H3,(H2,21,22,23). The van der Waals surface area contributed by atoms with E-state index in [0.717, 1.165) is 33.2 Å². The van der Waals surface area contributed by atoms with Gasteiger partial charge >= 0.3 is 0 Å². The third kappa shape index (κ3) is 5.06. The van der Waals surface area contributed by atoms with E-state index in [-0.39, 0.29) is 5.95 Å². The van der Waals surface area contributed by atoms with Gasteiger partial charge in [0.1, 0.15) is 11.1 Å². The van der Waals surface area contributed by atoms with E-state index in [2.05, 4.69) is 21.1 Å². The molecule has 8 nitrogen and oxygen atoms in total. The van der Waals surface area contributed by atoms with Gasteiger partial charge < -0.3 is 10.5 Å². The van der Waals surface area contributed by atoms with E-state index >= 15 is 0 Å². The van der Waals surface area contributed by atoms with Gasteiger partial charge in [-0.1, -0.05) is 11.8 Å². The number of nitrogens with two attached hydrogens (primary N) is 1. The van der Waals surface area contributed by atoms with Crippen molar-refractivity contribution in [3.05, 3.63) is 35.9 Å². The fourth-order valence-electron chi connectivity index (χ4n) is 2.73. The van der Waals surface area contributed by atoms with Crippen molar-refractivity contribution in [1.29, 1.82) is 5.26 Å². The molecule has 3 heterocycles. The number of nitriles is 1. The number of thioether (sulfide) groups is 2. The molecular formula is C19H21N7OS2. The second kappa shape index (κ2) is 9.73. The van der Waals surface area contributed by atoms with Gasteiger partial charge in [-0.3, -0.25) is 4.68 Å². The van der Waals surface area contributed by atoms with Gasteiger partial charge in [0.25, 0.3) is 0 Å². The van der Waals surface area contributed by atoms with Crippen molar-refractivity contribution in [1.82, 2.24) is 24.7 Å². The zero-order chi connectivity index (χ0) is 20.8. The van der Waals surface area contributed by atoms with E-state index in [1.165, 1.54) is 11.8 Å². The summed E-state index contributed by atoms with van der Waals surface area (Å²) in [6, 6.07) is 4.22. The molecule has 0 unspecified atom stereocenters. The molecular weight excluding hydrogens is 406 g/mol. The Kier molecular flexibility index (Phi) is 7.09. The molecule has 3 rings (SSSR count). The highest BCUT2D eigenvalue weighted by Gasteiger charge is 2.19. The van der Waals surface area contributed by atoms with Crippen molar-refractivity contribution in [2.24, 2.45) is 7.05 Å². The molecule has 10 heteroatoms. The van der Waals surface area contributed by atoms with Crippen LogP contribution in [0.2, 0.25) is 0 Å². The van der Waals surface area contributed by atoms with Crippen LogP contribution in [0.4, 0.5) is 5.95 Å². The van der Waals surface area contributed by atoms with Gasteiger partial charge in [-0.05, 0) is 13.0 Å². The average Bonchev–Trinajstić information content (AvgIpc) is 3.05. The highest BCUT2D eigenvalue weighted by atomic mass is 32.2. The normalized spacial score (nSPS) is 10.8. The first kappa shape index (κ1) is 21.1. The van der Waals surface area contributed by atoms with E-state index in [9.17, 15) is 5.26 Å². The quantitative estimate of drug-likeness (QED) is 0.329. The number of hydrogen-bond donors (Lipinski definition) is 1. The lowest BCUT2D eigenvalue weighted by Crippen LogP contribution is -1.99. The van der Waals surface area contributed by atoms with Crippen molar-refractivity contribution < 1.29 is 4.74 Å². The van der Waals surface area contributed by atoms with Crippen molar-refractivity contribution in [2.45, 2.75) is 11.9 Å². The maximum absolute atomic E-state index is 9.90. The molecule has 0 amide bonds. The van der Waals surface area contributed by atoms with Crippen molar-refractivity contribution in [3.8, 4) is 28.5 Å². The molecule has 0 saturated heterocycles. The molecule has 0 radical (unpaired) electrons. The Morgan fingerprint density at radius 2 is 2.03 bits per heavy atom. The van der Waals surface area contributed by atoms with E-state index in [4.69, 9.17) is 15.5 Å². The number of nitrogens with zero attached hydrogens (tertiary/aromatic N) is 6. The first-order valence-electron chi connectivity index (χ1n) is 8.76. The third-order valence-corrected chi connectivity index (χ3v) is 6.24. The lowest BCUT2D eigenvalue weighted by Gasteiger charge is -2.12. The van der Waals surface area contributed by atoms with Crippen LogP contribution in [0.25, 0.3) is 22.4 Å². The van der Waals surface area contributed by atoms with Crippen LogP contribution >= 0.6 is 23.5 Å². The van der Waals surface area contributed by atoms with E-state index in [1.807, 2.05) is 26.2 Å². The largest absolute Gasteiger partial charge is 0.384 e. The van der Waals surface area contributed by atoms with Crippen molar-refractivity contribution in [2.75, 3.05) is 30.3 Å². The summed E-state index contributed by atoms with van der Waals surface area (Å²) < 4.78 is 6.83. The van der Waals surface area contributed by atoms with Gasteiger partial charge in [0.15, 0.2) is 0 Å². The van der Waals surface area contributed by atoms with Crippen LogP contribution in [-0.2, 0) is 11.8 Å². The molecule has 0 aliphatic rings. The van der Waals surface area contributed by atoms with Crippen LogP contribution in [0.3, 0.4) is 0 Å². The van der Waals surface area contributed by atoms with Gasteiger partial charge in [0.05, 0.1) is 23.6 Å². The van der Waals surface area contributed by atoms with Crippen LogP contribution in [0.5, 0.6) is 0 Å². The highest BCUT2D eigenvalue weighted by Crippen LogP contribution is 2.36. The number of ether oxygens (including phenoxy) is 1. The molecule has 150 valence electrons. The summed E-state index contributed by atoms with van der Waals surface area (Å²) in [5.41, 5.74) is 10.1. The molecule has 0 saturated carbocycles. The number of methoxy groups -OCH3 is 1. The summed E-state index contributed by atoms with van der Waals surface area (Å²) in [6.07, 6.45) is 5.19. The predicted octanol–water partition coefficient (Wildman–Crippen LogP) is 3.13. The number of rotatable bonds is 8. The molecule has 3 aromatic heterocycles. The average molecular weight is 428 g/mol. The topological polar surface area (TPSA) is 116 Å². The van der Waals surface area contributed by atoms with Gasteiger partial charge in [0, 0.05) is 60.3 Å². The van der Waals surface area contributed by atoms with Crippen molar-refractivity contribution in [3.63, 3.8) is 0 Å². The summed E-state index contributed by atoms with van der Waals surface area (Å²) in [5, 5.41) is 15.8. The Morgan fingerprint density at radius 1 is 1.28 bits per heavy atom. The summed E-state index contributed by atoms with van der Waals surface area (Å²) >= 11 is 3.27. The number of anilines is 1. The number of pyridine rings is 1. The van der Waals surface area contributed by atoms with Crippen molar-refractivity contribution >= 4 is 29.5 Å². The monoisotopic (exact) mass is 427 g/mol. The minimum atomic E-state index is 0.204. The Bertz CT molecular complexity index is 1030. The lowest BCUT2D eigenvalue weighted by molar-refractivity contribution is 0.219. The summed E-state index contributed by atoms with van der Waals surface area (Å²) in [6.45, 7) is 2.61. The second-order valence-corrected chi connectivity index (χ2v) is 8.58. The maximum atomic E-state index is 9.90. The third-order valence-electron chi connectivity index (χ3n) is 4.08. The molecule has 0 aliphatic carbocycles. The van der Waals surface area contributed by atoms with Gasteiger partial charge in [-0.25, -0.2) is 15.0 Å². The molecule has 0 fully saturated rings. The maximum Gasteiger partial charge on any atom is 0.219 e. The highest BCUT2D eigenvalue weighted by molar-refractivity contribution is 8.16. The van der Waals surface area contributed by atoms with Crippen LogP contribution in [0.15, 0.2) is 29.7 Å². The fraction of sp³-hybridized carbons (Fsp3) is 0.316. The van der Waals surface area contributed by atoms with Gasteiger partial charge in [-0.15, -0.1) is 11.8 Å². The van der Waals surface area contributed by atoms with Crippen LogP contribution in [-0.4, -0.2) is 49.3 Å². The molecule has 0 bridgehead atoms. The smallest absolute Gasteiger partial charge is 0.219 e. The van der Waals surface area contributed by atoms with E-state index < -0.39 is 0 Å². The molecule has 3 aromatic rings. The molecule has 2 N–H and O–H groups in total. The first-order valence-corrected chi connectivity index (χ1v) is 10.9. The lowest BCUT2D eigenvalue weighted by atomic mass is 10.0. The predicted molar refractivity (Wildman–Crippen MR) is 116 cm³/mol. The van der Waals surface area contributed by atoms with E-state index in [0.29, 0.717) is 22.9 Å². The van der Waals surface area contributed by atoms with Crippen LogP contribution in [0.1, 0.15) is 11.3 Å². The number of aromatic nitrogens is 5. The molecule has 0 aliphatic heterocycles. The minimum Gasteiger partial charge on any atom is -0.384 e.